The van der Waals surface area contributed by atoms with E-state index in [1.54, 1.807) is 0 Å². The number of aliphatic carboxylic acids is 1. The van der Waals surface area contributed by atoms with Gasteiger partial charge in [-0.15, -0.1) is 0 Å². The number of ether oxygens (including phenoxy) is 1. The summed E-state index contributed by atoms with van der Waals surface area (Å²) in [7, 11) is 0. The third-order valence-electron chi connectivity index (χ3n) is 2.39. The van der Waals surface area contributed by atoms with Crippen molar-refractivity contribution in [2.75, 3.05) is 12.4 Å². The Morgan fingerprint density at radius 2 is 2.06 bits per heavy atom. The van der Waals surface area contributed by atoms with Gasteiger partial charge in [0, 0.05) is 5.75 Å². The maximum atomic E-state index is 10.7. The van der Waals surface area contributed by atoms with E-state index in [0.29, 0.717) is 0 Å². The zero-order chi connectivity index (χ0) is 12.3. The maximum absolute atomic E-state index is 10.7. The van der Waals surface area contributed by atoms with E-state index in [-0.39, 0.29) is 5.75 Å². The summed E-state index contributed by atoms with van der Waals surface area (Å²) in [5.74, 6) is -1.12. The predicted molar refractivity (Wildman–Crippen MR) is 56.2 cm³/mol. The topological polar surface area (TPSA) is 119 Å². The predicted octanol–water partition coefficient (Wildman–Crippen LogP) is -2.60. The molecule has 1 fully saturated rings. The molecule has 5 N–H and O–H groups in total. The Hall–Kier alpha value is -0.380. The monoisotopic (exact) mass is 253 g/mol. The van der Waals surface area contributed by atoms with Crippen LogP contribution in [0.3, 0.4) is 0 Å². The first-order chi connectivity index (χ1) is 7.51. The van der Waals surface area contributed by atoms with Crippen LogP contribution in [0.2, 0.25) is 0 Å². The maximum Gasteiger partial charge on any atom is 0.321 e. The van der Waals surface area contributed by atoms with Crippen LogP contribution in [0, 0.1) is 0 Å². The Kier molecular flexibility index (Phi) is 4.96. The number of hydrogen-bond acceptors (Lipinski definition) is 7. The number of rotatable bonds is 5. The molecule has 0 bridgehead atoms. The second kappa shape index (κ2) is 5.80. The van der Waals surface area contributed by atoms with Crippen LogP contribution in [0.5, 0.6) is 0 Å². The van der Waals surface area contributed by atoms with Gasteiger partial charge in [-0.2, -0.15) is 12.6 Å². The first-order valence-electron chi connectivity index (χ1n) is 4.73. The van der Waals surface area contributed by atoms with E-state index >= 15 is 0 Å². The van der Waals surface area contributed by atoms with Gasteiger partial charge < -0.3 is 25.2 Å². The molecule has 1 aliphatic heterocycles. The molecule has 0 saturated carbocycles. The first-order valence-corrected chi connectivity index (χ1v) is 5.36. The SMILES string of the molecule is O=C(O)[C@H](CS)NC1O[C@H](CO)[C@@H](O)[C@H]1O. The van der Waals surface area contributed by atoms with E-state index in [1.165, 1.54) is 0 Å². The minimum atomic E-state index is -1.28. The third kappa shape index (κ3) is 2.84. The molecule has 1 unspecified atom stereocenters. The van der Waals surface area contributed by atoms with E-state index in [4.69, 9.17) is 14.9 Å². The normalized spacial score (nSPS) is 36.2. The van der Waals surface area contributed by atoms with Crippen molar-refractivity contribution in [1.29, 1.82) is 0 Å². The Morgan fingerprint density at radius 3 is 2.44 bits per heavy atom. The molecule has 1 saturated heterocycles. The fourth-order valence-corrected chi connectivity index (χ4v) is 1.70. The molecule has 0 aromatic rings. The number of carboxylic acid groups (broad SMARTS) is 1. The molecule has 0 amide bonds. The lowest BCUT2D eigenvalue weighted by Gasteiger charge is -2.20. The van der Waals surface area contributed by atoms with Crippen LogP contribution >= 0.6 is 12.6 Å². The van der Waals surface area contributed by atoms with Crippen molar-refractivity contribution in [1.82, 2.24) is 5.32 Å². The summed E-state index contributed by atoms with van der Waals surface area (Å²) in [4.78, 5) is 10.7. The zero-order valence-electron chi connectivity index (χ0n) is 8.35. The number of carboxylic acids is 1. The number of thiol groups is 1. The molecule has 0 aromatic heterocycles. The van der Waals surface area contributed by atoms with E-state index in [1.807, 2.05) is 0 Å². The molecule has 7 nitrogen and oxygen atoms in total. The van der Waals surface area contributed by atoms with E-state index < -0.39 is 43.2 Å². The molecule has 0 aliphatic carbocycles. The van der Waals surface area contributed by atoms with Gasteiger partial charge in [-0.3, -0.25) is 10.1 Å². The molecular weight excluding hydrogens is 238 g/mol. The molecule has 1 rings (SSSR count). The molecule has 94 valence electrons. The van der Waals surface area contributed by atoms with Gasteiger partial charge in [0.15, 0.2) is 0 Å². The Labute approximate surface area is 97.4 Å². The second-order valence-corrected chi connectivity index (χ2v) is 3.86. The summed E-state index contributed by atoms with van der Waals surface area (Å²) in [6, 6.07) is -0.993. The third-order valence-corrected chi connectivity index (χ3v) is 2.75. The largest absolute Gasteiger partial charge is 0.480 e. The molecule has 0 aromatic carbocycles. The van der Waals surface area contributed by atoms with Crippen molar-refractivity contribution < 1.29 is 30.0 Å². The van der Waals surface area contributed by atoms with E-state index in [2.05, 4.69) is 17.9 Å². The molecule has 1 aliphatic rings. The summed E-state index contributed by atoms with van der Waals surface area (Å²) in [6.07, 6.45) is -4.46. The Bertz CT molecular complexity index is 253. The summed E-state index contributed by atoms with van der Waals surface area (Å²) >= 11 is 3.83. The van der Waals surface area contributed by atoms with Crippen molar-refractivity contribution in [3.63, 3.8) is 0 Å². The van der Waals surface area contributed by atoms with Gasteiger partial charge in [0.05, 0.1) is 6.61 Å². The van der Waals surface area contributed by atoms with Crippen LogP contribution < -0.4 is 5.32 Å². The van der Waals surface area contributed by atoms with Crippen LogP contribution in [0.25, 0.3) is 0 Å². The van der Waals surface area contributed by atoms with Gasteiger partial charge >= 0.3 is 5.97 Å². The highest BCUT2D eigenvalue weighted by molar-refractivity contribution is 7.80. The molecule has 16 heavy (non-hydrogen) atoms. The average molecular weight is 253 g/mol. The van der Waals surface area contributed by atoms with Crippen molar-refractivity contribution in [2.24, 2.45) is 0 Å². The van der Waals surface area contributed by atoms with Gasteiger partial charge in [0.25, 0.3) is 0 Å². The number of carbonyl (C=O) groups is 1. The van der Waals surface area contributed by atoms with Crippen molar-refractivity contribution in [3.05, 3.63) is 0 Å². The van der Waals surface area contributed by atoms with Crippen molar-refractivity contribution in [2.45, 2.75) is 30.6 Å². The van der Waals surface area contributed by atoms with Gasteiger partial charge in [0.1, 0.15) is 30.6 Å². The van der Waals surface area contributed by atoms with Gasteiger partial charge in [-0.1, -0.05) is 0 Å². The highest BCUT2D eigenvalue weighted by Gasteiger charge is 2.43. The first kappa shape index (κ1) is 13.7. The molecule has 8 heteroatoms. The number of hydrogen-bond donors (Lipinski definition) is 6. The minimum Gasteiger partial charge on any atom is -0.480 e. The number of aliphatic hydroxyl groups excluding tert-OH is 3. The quantitative estimate of drug-likeness (QED) is 0.297. The summed E-state index contributed by atoms with van der Waals surface area (Å²) < 4.78 is 5.06. The molecule has 0 radical (unpaired) electrons. The summed E-state index contributed by atoms with van der Waals surface area (Å²) in [5.41, 5.74) is 0. The second-order valence-electron chi connectivity index (χ2n) is 3.50. The lowest BCUT2D eigenvalue weighted by Crippen LogP contribution is -2.49. The number of nitrogens with one attached hydrogen (secondary N) is 1. The van der Waals surface area contributed by atoms with E-state index in [0.717, 1.165) is 0 Å². The zero-order valence-corrected chi connectivity index (χ0v) is 9.25. The van der Waals surface area contributed by atoms with Crippen LogP contribution in [0.1, 0.15) is 0 Å². The van der Waals surface area contributed by atoms with Gasteiger partial charge in [-0.25, -0.2) is 0 Å². The van der Waals surface area contributed by atoms with Crippen LogP contribution in [0.15, 0.2) is 0 Å². The van der Waals surface area contributed by atoms with Gasteiger partial charge in [-0.05, 0) is 0 Å². The van der Waals surface area contributed by atoms with Crippen molar-refractivity contribution in [3.8, 4) is 0 Å². The molecular formula is C8H15NO6S. The van der Waals surface area contributed by atoms with E-state index in [9.17, 15) is 15.0 Å². The summed E-state index contributed by atoms with van der Waals surface area (Å²) in [5, 5.41) is 39.0. The van der Waals surface area contributed by atoms with Crippen LogP contribution in [-0.4, -0.2) is 69.3 Å². The Balaban J connectivity index is 2.58. The Morgan fingerprint density at radius 1 is 1.44 bits per heavy atom. The molecule has 5 atom stereocenters. The fourth-order valence-electron chi connectivity index (χ4n) is 1.44. The molecule has 0 spiro atoms. The lowest BCUT2D eigenvalue weighted by atomic mass is 10.1. The summed E-state index contributed by atoms with van der Waals surface area (Å²) in [6.45, 7) is -0.449. The minimum absolute atomic E-state index is 0.0157. The average Bonchev–Trinajstić information content (AvgIpc) is 2.52. The highest BCUT2D eigenvalue weighted by Crippen LogP contribution is 2.19. The van der Waals surface area contributed by atoms with Crippen LogP contribution in [-0.2, 0) is 9.53 Å². The highest BCUT2D eigenvalue weighted by atomic mass is 32.1. The fraction of sp³-hybridized carbons (Fsp3) is 0.875. The van der Waals surface area contributed by atoms with Crippen molar-refractivity contribution >= 4 is 18.6 Å². The standard InChI is InChI=1S/C8H15NO6S/c10-1-4-5(11)6(12)7(15-4)9-3(2-16)8(13)14/h3-7,9-12,16H,1-2H2,(H,13,14)/t3-,4+,5+,6+,7?/m0/s1. The van der Waals surface area contributed by atoms with Gasteiger partial charge in [0.2, 0.25) is 0 Å². The lowest BCUT2D eigenvalue weighted by molar-refractivity contribution is -0.140. The molecule has 1 heterocycles. The van der Waals surface area contributed by atoms with Crippen LogP contribution in [0.4, 0.5) is 0 Å². The smallest absolute Gasteiger partial charge is 0.321 e. The number of aliphatic hydroxyl groups is 3.